The van der Waals surface area contributed by atoms with Crippen molar-refractivity contribution in [2.24, 2.45) is 0 Å². The number of rotatable bonds is 9. The lowest BCUT2D eigenvalue weighted by molar-refractivity contribution is 0.499. The van der Waals surface area contributed by atoms with Crippen LogP contribution in [0.4, 0.5) is 0 Å². The molecule has 0 aliphatic rings. The van der Waals surface area contributed by atoms with Crippen molar-refractivity contribution in [1.82, 2.24) is 10.0 Å². The highest BCUT2D eigenvalue weighted by atomic mass is 32.2. The van der Waals surface area contributed by atoms with Crippen molar-refractivity contribution in [3.8, 4) is 0 Å². The third-order valence-corrected chi connectivity index (χ3v) is 5.93. The van der Waals surface area contributed by atoms with Gasteiger partial charge in [0.15, 0.2) is 0 Å². The summed E-state index contributed by atoms with van der Waals surface area (Å²) in [6.45, 7) is 4.14. The lowest BCUT2D eigenvalue weighted by atomic mass is 10.3. The molecule has 0 radical (unpaired) electrons. The van der Waals surface area contributed by atoms with Gasteiger partial charge in [-0.15, -0.1) is 11.3 Å². The Kier molecular flexibility index (Phi) is 5.98. The molecule has 2 aromatic heterocycles. The van der Waals surface area contributed by atoms with E-state index in [0.717, 1.165) is 30.8 Å². The van der Waals surface area contributed by atoms with Crippen LogP contribution < -0.4 is 10.0 Å². The molecule has 0 aliphatic heterocycles. The molecule has 0 aliphatic carbocycles. The van der Waals surface area contributed by atoms with E-state index in [1.165, 1.54) is 17.6 Å². The highest BCUT2D eigenvalue weighted by molar-refractivity contribution is 7.91. The molecule has 0 bridgehead atoms. The van der Waals surface area contributed by atoms with E-state index in [1.807, 2.05) is 6.07 Å². The molecule has 7 heteroatoms. The highest BCUT2D eigenvalue weighted by Gasteiger charge is 2.16. The van der Waals surface area contributed by atoms with E-state index < -0.39 is 10.0 Å². The first-order valence-electron chi connectivity index (χ1n) is 6.93. The van der Waals surface area contributed by atoms with Gasteiger partial charge < -0.3 is 9.73 Å². The van der Waals surface area contributed by atoms with E-state index >= 15 is 0 Å². The Labute approximate surface area is 129 Å². The van der Waals surface area contributed by atoms with Crippen molar-refractivity contribution in [2.75, 3.05) is 13.1 Å². The van der Waals surface area contributed by atoms with Crippen LogP contribution in [0.25, 0.3) is 0 Å². The van der Waals surface area contributed by atoms with Crippen LogP contribution in [0.1, 0.15) is 24.0 Å². The third kappa shape index (κ3) is 4.96. The van der Waals surface area contributed by atoms with Crippen LogP contribution in [0.5, 0.6) is 0 Å². The van der Waals surface area contributed by atoms with Gasteiger partial charge in [0.1, 0.15) is 9.97 Å². The zero-order valence-corrected chi connectivity index (χ0v) is 13.6. The fourth-order valence-corrected chi connectivity index (χ4v) is 4.19. The van der Waals surface area contributed by atoms with Crippen LogP contribution in [-0.2, 0) is 23.0 Å². The van der Waals surface area contributed by atoms with Crippen LogP contribution in [-0.4, -0.2) is 21.5 Å². The largest absolute Gasteiger partial charge is 0.468 e. The minimum Gasteiger partial charge on any atom is -0.468 e. The minimum absolute atomic E-state index is 0.167. The Morgan fingerprint density at radius 2 is 2.10 bits per heavy atom. The van der Waals surface area contributed by atoms with E-state index in [4.69, 9.17) is 4.42 Å². The molecule has 0 atom stereocenters. The molecule has 0 fully saturated rings. The Morgan fingerprint density at radius 3 is 2.81 bits per heavy atom. The summed E-state index contributed by atoms with van der Waals surface area (Å²) in [6.07, 6.45) is 3.47. The van der Waals surface area contributed by atoms with E-state index in [2.05, 4.69) is 17.0 Å². The van der Waals surface area contributed by atoms with Gasteiger partial charge in [-0.1, -0.05) is 6.92 Å². The van der Waals surface area contributed by atoms with Crippen molar-refractivity contribution in [2.45, 2.75) is 30.5 Å². The first-order chi connectivity index (χ1) is 10.1. The number of thiophene rings is 1. The van der Waals surface area contributed by atoms with Crippen LogP contribution in [0.2, 0.25) is 0 Å². The predicted molar refractivity (Wildman–Crippen MR) is 83.9 cm³/mol. The van der Waals surface area contributed by atoms with Crippen molar-refractivity contribution >= 4 is 21.4 Å². The molecule has 21 heavy (non-hydrogen) atoms. The summed E-state index contributed by atoms with van der Waals surface area (Å²) in [5.74, 6) is 0.596. The Balaban J connectivity index is 1.89. The summed E-state index contributed by atoms with van der Waals surface area (Å²) in [5, 5.41) is 3.30. The zero-order valence-electron chi connectivity index (χ0n) is 12.0. The summed E-state index contributed by atoms with van der Waals surface area (Å²) in [5.41, 5.74) is 0. The summed E-state index contributed by atoms with van der Waals surface area (Å²) >= 11 is 1.31. The van der Waals surface area contributed by atoms with Gasteiger partial charge in [0.05, 0.1) is 12.8 Å². The van der Waals surface area contributed by atoms with Crippen molar-refractivity contribution in [3.05, 3.63) is 41.2 Å². The molecular weight excluding hydrogens is 308 g/mol. The number of hydrogen-bond acceptors (Lipinski definition) is 5. The highest BCUT2D eigenvalue weighted by Crippen LogP contribution is 2.22. The predicted octanol–water partition coefficient (Wildman–Crippen LogP) is 2.36. The summed E-state index contributed by atoms with van der Waals surface area (Å²) in [6, 6.07) is 7.00. The maximum atomic E-state index is 12.2. The fourth-order valence-electron chi connectivity index (χ4n) is 1.80. The smallest absolute Gasteiger partial charge is 0.250 e. The molecule has 0 saturated heterocycles. The molecule has 2 rings (SSSR count). The molecule has 0 unspecified atom stereocenters. The monoisotopic (exact) mass is 328 g/mol. The molecular formula is C14H20N2O3S2. The van der Waals surface area contributed by atoms with E-state index in [-0.39, 0.29) is 6.54 Å². The number of hydrogen-bond donors (Lipinski definition) is 2. The molecule has 116 valence electrons. The maximum Gasteiger partial charge on any atom is 0.250 e. The first-order valence-corrected chi connectivity index (χ1v) is 9.23. The molecule has 0 spiro atoms. The van der Waals surface area contributed by atoms with E-state index in [9.17, 15) is 8.42 Å². The van der Waals surface area contributed by atoms with Gasteiger partial charge in [0, 0.05) is 4.88 Å². The van der Waals surface area contributed by atoms with Crippen molar-refractivity contribution in [1.29, 1.82) is 0 Å². The van der Waals surface area contributed by atoms with Gasteiger partial charge in [-0.05, 0) is 50.2 Å². The van der Waals surface area contributed by atoms with Gasteiger partial charge in [-0.25, -0.2) is 13.1 Å². The normalized spacial score (nSPS) is 11.9. The molecule has 2 N–H and O–H groups in total. The Hall–Kier alpha value is -1.15. The summed E-state index contributed by atoms with van der Waals surface area (Å²) < 4.78 is 32.3. The maximum absolute atomic E-state index is 12.2. The quantitative estimate of drug-likeness (QED) is 0.693. The second-order valence-corrected chi connectivity index (χ2v) is 7.79. The van der Waals surface area contributed by atoms with Gasteiger partial charge >= 0.3 is 0 Å². The zero-order chi connectivity index (χ0) is 15.1. The number of furan rings is 1. The molecule has 5 nitrogen and oxygen atoms in total. The standard InChI is InChI=1S/C14H20N2O3S2/c1-2-8-15-9-7-13-5-6-14(20-13)21(17,18)16-11-12-4-3-10-19-12/h3-6,10,15-16H,2,7-9,11H2,1H3. The lowest BCUT2D eigenvalue weighted by Crippen LogP contribution is -2.22. The summed E-state index contributed by atoms with van der Waals surface area (Å²) in [4.78, 5) is 1.07. The minimum atomic E-state index is -3.46. The molecule has 0 amide bonds. The summed E-state index contributed by atoms with van der Waals surface area (Å²) in [7, 11) is -3.46. The Morgan fingerprint density at radius 1 is 1.24 bits per heavy atom. The van der Waals surface area contributed by atoms with Crippen LogP contribution in [0.3, 0.4) is 0 Å². The Bertz CT molecular complexity index is 633. The SMILES string of the molecule is CCCNCCc1ccc(S(=O)(=O)NCc2ccco2)s1. The van der Waals surface area contributed by atoms with Crippen molar-refractivity contribution in [3.63, 3.8) is 0 Å². The number of nitrogens with one attached hydrogen (secondary N) is 2. The topological polar surface area (TPSA) is 71.3 Å². The van der Waals surface area contributed by atoms with Gasteiger partial charge in [0.2, 0.25) is 10.0 Å². The van der Waals surface area contributed by atoms with Gasteiger partial charge in [0.25, 0.3) is 0 Å². The molecule has 2 aromatic rings. The average Bonchev–Trinajstić information content (AvgIpc) is 3.13. The van der Waals surface area contributed by atoms with Crippen LogP contribution >= 0.6 is 11.3 Å². The van der Waals surface area contributed by atoms with Gasteiger partial charge in [-0.3, -0.25) is 0 Å². The van der Waals surface area contributed by atoms with Gasteiger partial charge in [-0.2, -0.15) is 0 Å². The first kappa shape index (κ1) is 16.2. The average molecular weight is 328 g/mol. The lowest BCUT2D eigenvalue weighted by Gasteiger charge is -2.02. The van der Waals surface area contributed by atoms with Crippen molar-refractivity contribution < 1.29 is 12.8 Å². The fraction of sp³-hybridized carbons (Fsp3) is 0.429. The van der Waals surface area contributed by atoms with Crippen LogP contribution in [0, 0.1) is 0 Å². The molecule has 2 heterocycles. The second-order valence-electron chi connectivity index (χ2n) is 4.62. The van der Waals surface area contributed by atoms with Crippen LogP contribution in [0.15, 0.2) is 39.2 Å². The van der Waals surface area contributed by atoms with E-state index in [0.29, 0.717) is 9.97 Å². The second kappa shape index (κ2) is 7.74. The third-order valence-electron chi connectivity index (χ3n) is 2.89. The molecule has 0 aromatic carbocycles. The van der Waals surface area contributed by atoms with E-state index in [1.54, 1.807) is 18.2 Å². The molecule has 0 saturated carbocycles. The number of sulfonamides is 1.